The molecule has 0 unspecified atom stereocenters. The molecule has 1 amide bonds. The van der Waals surface area contributed by atoms with Gasteiger partial charge in [-0.15, -0.1) is 0 Å². The van der Waals surface area contributed by atoms with Crippen molar-refractivity contribution in [3.05, 3.63) is 47.5 Å². The SMILES string of the molecule is CCOc1ccccc1NC(=O)CN1C[C@@H](C)Oc2ccc(Cl)cc21. The Morgan fingerprint density at radius 2 is 2.16 bits per heavy atom. The molecule has 1 aliphatic heterocycles. The van der Waals surface area contributed by atoms with Crippen LogP contribution in [-0.4, -0.2) is 31.7 Å². The molecular weight excluding hydrogens is 340 g/mol. The van der Waals surface area contributed by atoms with E-state index >= 15 is 0 Å². The number of fused-ring (bicyclic) bond motifs is 1. The highest BCUT2D eigenvalue weighted by Crippen LogP contribution is 2.35. The second kappa shape index (κ2) is 7.66. The number of halogens is 1. The molecule has 2 aromatic carbocycles. The average molecular weight is 361 g/mol. The third kappa shape index (κ3) is 4.17. The molecule has 0 spiro atoms. The van der Waals surface area contributed by atoms with Crippen LogP contribution in [0.3, 0.4) is 0 Å². The van der Waals surface area contributed by atoms with E-state index in [2.05, 4.69) is 5.32 Å². The van der Waals surface area contributed by atoms with Crippen molar-refractivity contribution in [3.63, 3.8) is 0 Å². The van der Waals surface area contributed by atoms with Crippen LogP contribution in [0, 0.1) is 0 Å². The molecule has 0 aromatic heterocycles. The molecule has 0 saturated carbocycles. The zero-order valence-corrected chi connectivity index (χ0v) is 15.0. The van der Waals surface area contributed by atoms with E-state index < -0.39 is 0 Å². The van der Waals surface area contributed by atoms with E-state index in [0.717, 1.165) is 11.4 Å². The van der Waals surface area contributed by atoms with Crippen LogP contribution in [0.2, 0.25) is 5.02 Å². The molecule has 132 valence electrons. The van der Waals surface area contributed by atoms with Gasteiger partial charge in [-0.1, -0.05) is 23.7 Å². The summed E-state index contributed by atoms with van der Waals surface area (Å²) in [6, 6.07) is 12.9. The van der Waals surface area contributed by atoms with Crippen LogP contribution in [0.1, 0.15) is 13.8 Å². The molecule has 1 N–H and O–H groups in total. The largest absolute Gasteiger partial charge is 0.492 e. The van der Waals surface area contributed by atoms with Gasteiger partial charge in [0.05, 0.1) is 31.1 Å². The van der Waals surface area contributed by atoms with E-state index in [0.29, 0.717) is 29.6 Å². The second-order valence-corrected chi connectivity index (χ2v) is 6.33. The number of rotatable bonds is 5. The van der Waals surface area contributed by atoms with Crippen LogP contribution in [0.25, 0.3) is 0 Å². The van der Waals surface area contributed by atoms with Crippen molar-refractivity contribution in [3.8, 4) is 11.5 Å². The van der Waals surface area contributed by atoms with Crippen LogP contribution in [-0.2, 0) is 4.79 Å². The standard InChI is InChI=1S/C19H21ClN2O3/c1-3-24-17-7-5-4-6-15(17)21-19(23)12-22-11-13(2)25-18-9-8-14(20)10-16(18)22/h4-10,13H,3,11-12H2,1-2H3,(H,21,23)/t13-/m1/s1. The summed E-state index contributed by atoms with van der Waals surface area (Å²) in [6.45, 7) is 5.26. The predicted octanol–water partition coefficient (Wildman–Crippen LogP) is 3.96. The van der Waals surface area contributed by atoms with Gasteiger partial charge in [0.2, 0.25) is 5.91 Å². The zero-order chi connectivity index (χ0) is 17.8. The van der Waals surface area contributed by atoms with Crippen LogP contribution >= 0.6 is 11.6 Å². The van der Waals surface area contributed by atoms with E-state index in [1.807, 2.05) is 55.1 Å². The van der Waals surface area contributed by atoms with Gasteiger partial charge in [0.25, 0.3) is 0 Å². The molecular formula is C19H21ClN2O3. The van der Waals surface area contributed by atoms with Gasteiger partial charge in [0.15, 0.2) is 0 Å². The summed E-state index contributed by atoms with van der Waals surface area (Å²) in [6.07, 6.45) is -0.00261. The molecule has 1 atom stereocenters. The predicted molar refractivity (Wildman–Crippen MR) is 100.0 cm³/mol. The van der Waals surface area contributed by atoms with Crippen molar-refractivity contribution in [2.45, 2.75) is 20.0 Å². The quantitative estimate of drug-likeness (QED) is 0.876. The number of amides is 1. The Balaban J connectivity index is 1.75. The molecule has 0 fully saturated rings. The lowest BCUT2D eigenvalue weighted by atomic mass is 10.2. The lowest BCUT2D eigenvalue weighted by molar-refractivity contribution is -0.115. The topological polar surface area (TPSA) is 50.8 Å². The number of hydrogen-bond acceptors (Lipinski definition) is 4. The maximum absolute atomic E-state index is 12.6. The number of benzene rings is 2. The molecule has 1 heterocycles. The molecule has 5 nitrogen and oxygen atoms in total. The Labute approximate surface area is 152 Å². The zero-order valence-electron chi connectivity index (χ0n) is 14.3. The van der Waals surface area contributed by atoms with Gasteiger partial charge < -0.3 is 19.7 Å². The first-order valence-electron chi connectivity index (χ1n) is 8.29. The first-order chi connectivity index (χ1) is 12.1. The fourth-order valence-electron chi connectivity index (χ4n) is 2.86. The summed E-state index contributed by atoms with van der Waals surface area (Å²) >= 11 is 6.10. The van der Waals surface area contributed by atoms with Crippen LogP contribution < -0.4 is 19.7 Å². The highest BCUT2D eigenvalue weighted by molar-refractivity contribution is 6.31. The Kier molecular flexibility index (Phi) is 5.34. The van der Waals surface area contributed by atoms with Crippen molar-refractivity contribution in [2.75, 3.05) is 29.9 Å². The van der Waals surface area contributed by atoms with Gasteiger partial charge in [-0.25, -0.2) is 0 Å². The Morgan fingerprint density at radius 1 is 1.36 bits per heavy atom. The van der Waals surface area contributed by atoms with Crippen LogP contribution in [0.5, 0.6) is 11.5 Å². The monoisotopic (exact) mass is 360 g/mol. The Hall–Kier alpha value is -2.40. The molecule has 0 bridgehead atoms. The minimum Gasteiger partial charge on any atom is -0.492 e. The van der Waals surface area contributed by atoms with Gasteiger partial charge in [-0.3, -0.25) is 4.79 Å². The minimum absolute atomic E-state index is 0.00261. The van der Waals surface area contributed by atoms with Gasteiger partial charge in [-0.05, 0) is 44.2 Å². The number of para-hydroxylation sites is 2. The van der Waals surface area contributed by atoms with Crippen LogP contribution in [0.15, 0.2) is 42.5 Å². The van der Waals surface area contributed by atoms with E-state index in [4.69, 9.17) is 21.1 Å². The third-order valence-electron chi connectivity index (χ3n) is 3.86. The maximum Gasteiger partial charge on any atom is 0.243 e. The fourth-order valence-corrected chi connectivity index (χ4v) is 3.03. The number of hydrogen-bond donors (Lipinski definition) is 1. The fraction of sp³-hybridized carbons (Fsp3) is 0.316. The van der Waals surface area contributed by atoms with Crippen LogP contribution in [0.4, 0.5) is 11.4 Å². The summed E-state index contributed by atoms with van der Waals surface area (Å²) in [7, 11) is 0. The van der Waals surface area contributed by atoms with E-state index in [1.54, 1.807) is 6.07 Å². The van der Waals surface area contributed by atoms with Gasteiger partial charge >= 0.3 is 0 Å². The first kappa shape index (κ1) is 17.4. The van der Waals surface area contributed by atoms with Crippen molar-refractivity contribution in [2.24, 2.45) is 0 Å². The number of nitrogens with zero attached hydrogens (tertiary/aromatic N) is 1. The first-order valence-corrected chi connectivity index (χ1v) is 8.67. The summed E-state index contributed by atoms with van der Waals surface area (Å²) in [5, 5.41) is 3.54. The number of ether oxygens (including phenoxy) is 2. The minimum atomic E-state index is -0.118. The Morgan fingerprint density at radius 3 is 2.96 bits per heavy atom. The number of carbonyl (C=O) groups excluding carboxylic acids is 1. The summed E-state index contributed by atoms with van der Waals surface area (Å²) < 4.78 is 11.4. The van der Waals surface area contributed by atoms with Crippen molar-refractivity contribution >= 4 is 28.9 Å². The molecule has 25 heavy (non-hydrogen) atoms. The maximum atomic E-state index is 12.6. The molecule has 0 aliphatic carbocycles. The number of carbonyl (C=O) groups is 1. The number of anilines is 2. The van der Waals surface area contributed by atoms with E-state index in [-0.39, 0.29) is 18.6 Å². The van der Waals surface area contributed by atoms with Crippen molar-refractivity contribution in [1.29, 1.82) is 0 Å². The highest BCUT2D eigenvalue weighted by Gasteiger charge is 2.25. The normalized spacial score (nSPS) is 16.0. The van der Waals surface area contributed by atoms with E-state index in [9.17, 15) is 4.79 Å². The van der Waals surface area contributed by atoms with E-state index in [1.165, 1.54) is 0 Å². The summed E-state index contributed by atoms with van der Waals surface area (Å²) in [5.74, 6) is 1.29. The molecule has 0 saturated heterocycles. The molecule has 3 rings (SSSR count). The summed E-state index contributed by atoms with van der Waals surface area (Å²) in [5.41, 5.74) is 1.50. The van der Waals surface area contributed by atoms with Crippen molar-refractivity contribution < 1.29 is 14.3 Å². The Bertz CT molecular complexity index is 766. The third-order valence-corrected chi connectivity index (χ3v) is 4.10. The van der Waals surface area contributed by atoms with Crippen molar-refractivity contribution in [1.82, 2.24) is 0 Å². The van der Waals surface area contributed by atoms with Gasteiger partial charge in [0, 0.05) is 5.02 Å². The molecule has 1 aliphatic rings. The molecule has 0 radical (unpaired) electrons. The smallest absolute Gasteiger partial charge is 0.243 e. The highest BCUT2D eigenvalue weighted by atomic mass is 35.5. The van der Waals surface area contributed by atoms with Gasteiger partial charge in [-0.2, -0.15) is 0 Å². The lowest BCUT2D eigenvalue weighted by Crippen LogP contribution is -2.42. The molecule has 2 aromatic rings. The molecule has 6 heteroatoms. The second-order valence-electron chi connectivity index (χ2n) is 5.90. The van der Waals surface area contributed by atoms with Gasteiger partial charge in [0.1, 0.15) is 17.6 Å². The number of nitrogens with one attached hydrogen (secondary N) is 1. The summed E-state index contributed by atoms with van der Waals surface area (Å²) in [4.78, 5) is 14.5. The average Bonchev–Trinajstić information content (AvgIpc) is 2.57. The lowest BCUT2D eigenvalue weighted by Gasteiger charge is -2.34.